The molecule has 0 saturated heterocycles. The van der Waals surface area contributed by atoms with Crippen LogP contribution in [0.15, 0.2) is 249 Å². The molecule has 1 heteroatoms. The largest absolute Gasteiger partial charge is 0.309 e. The van der Waals surface area contributed by atoms with E-state index in [4.69, 9.17) is 0 Å². The molecule has 1 nitrogen and oxygen atoms in total. The van der Waals surface area contributed by atoms with Gasteiger partial charge in [-0.05, 0) is 124 Å². The van der Waals surface area contributed by atoms with Gasteiger partial charge in [-0.3, -0.25) is 0 Å². The van der Waals surface area contributed by atoms with Crippen molar-refractivity contribution in [3.05, 3.63) is 249 Å². The molecule has 0 aliphatic rings. The first kappa shape index (κ1) is 36.6. The zero-order valence-corrected chi connectivity index (χ0v) is 34.6. The van der Waals surface area contributed by atoms with Gasteiger partial charge in [-0.15, -0.1) is 0 Å². The predicted molar refractivity (Wildman–Crippen MR) is 270 cm³/mol. The maximum absolute atomic E-state index is 2.48. The number of rotatable bonds is 7. The third-order valence-electron chi connectivity index (χ3n) is 12.8. The predicted octanol–water partition coefficient (Wildman–Crippen LogP) is 17.6. The van der Waals surface area contributed by atoms with Crippen LogP contribution in [0.1, 0.15) is 0 Å². The van der Waals surface area contributed by atoms with Gasteiger partial charge in [-0.2, -0.15) is 0 Å². The molecular formula is C62H41N. The van der Waals surface area contributed by atoms with Crippen LogP contribution in [0.25, 0.3) is 98.4 Å². The van der Waals surface area contributed by atoms with Crippen molar-refractivity contribution in [1.82, 2.24) is 0 Å². The van der Waals surface area contributed by atoms with Crippen molar-refractivity contribution in [3.63, 3.8) is 0 Å². The molecule has 0 aliphatic carbocycles. The fourth-order valence-electron chi connectivity index (χ4n) is 9.86. The number of benzene rings is 12. The second-order valence-corrected chi connectivity index (χ2v) is 16.4. The minimum atomic E-state index is 1.09. The van der Waals surface area contributed by atoms with Crippen molar-refractivity contribution in [1.29, 1.82) is 0 Å². The van der Waals surface area contributed by atoms with Crippen molar-refractivity contribution in [2.45, 2.75) is 0 Å². The number of hydrogen-bond donors (Lipinski definition) is 0. The Hall–Kier alpha value is -8.26. The minimum Gasteiger partial charge on any atom is -0.309 e. The molecule has 63 heavy (non-hydrogen) atoms. The average Bonchev–Trinajstić information content (AvgIpc) is 3.37. The summed E-state index contributed by atoms with van der Waals surface area (Å²) in [7, 11) is 0. The summed E-state index contributed by atoms with van der Waals surface area (Å²) in [5, 5.41) is 12.6. The van der Waals surface area contributed by atoms with Gasteiger partial charge in [0.15, 0.2) is 0 Å². The van der Waals surface area contributed by atoms with Crippen molar-refractivity contribution in [3.8, 4) is 44.5 Å². The lowest BCUT2D eigenvalue weighted by molar-refractivity contribution is 1.30. The second-order valence-electron chi connectivity index (χ2n) is 16.4. The third-order valence-corrected chi connectivity index (χ3v) is 12.8. The molecular weight excluding hydrogens is 759 g/mol. The summed E-state index contributed by atoms with van der Waals surface area (Å²) in [6.07, 6.45) is 0. The van der Waals surface area contributed by atoms with Gasteiger partial charge < -0.3 is 4.90 Å². The van der Waals surface area contributed by atoms with Gasteiger partial charge >= 0.3 is 0 Å². The number of anilines is 3. The van der Waals surface area contributed by atoms with Crippen LogP contribution in [0.4, 0.5) is 17.1 Å². The molecule has 0 saturated carbocycles. The van der Waals surface area contributed by atoms with Crippen LogP contribution in [-0.4, -0.2) is 0 Å². The van der Waals surface area contributed by atoms with E-state index < -0.39 is 0 Å². The Morgan fingerprint density at radius 1 is 0.190 bits per heavy atom. The topological polar surface area (TPSA) is 3.24 Å². The van der Waals surface area contributed by atoms with E-state index in [1.165, 1.54) is 98.4 Å². The lowest BCUT2D eigenvalue weighted by Crippen LogP contribution is -2.12. The normalized spacial score (nSPS) is 11.5. The quantitative estimate of drug-likeness (QED) is 0.145. The van der Waals surface area contributed by atoms with Crippen LogP contribution in [0, 0.1) is 0 Å². The molecule has 12 aromatic rings. The first-order chi connectivity index (χ1) is 31.3. The fraction of sp³-hybridized carbons (Fsp3) is 0. The molecule has 0 amide bonds. The summed E-state index contributed by atoms with van der Waals surface area (Å²) in [6, 6.07) is 91.1. The van der Waals surface area contributed by atoms with E-state index in [0.29, 0.717) is 0 Å². The van der Waals surface area contributed by atoms with Crippen LogP contribution in [0.2, 0.25) is 0 Å². The molecule has 12 aromatic carbocycles. The van der Waals surface area contributed by atoms with Crippen molar-refractivity contribution in [2.24, 2.45) is 0 Å². The molecule has 294 valence electrons. The van der Waals surface area contributed by atoms with Crippen LogP contribution in [0.5, 0.6) is 0 Å². The monoisotopic (exact) mass is 799 g/mol. The van der Waals surface area contributed by atoms with Crippen LogP contribution in [0.3, 0.4) is 0 Å². The van der Waals surface area contributed by atoms with Gasteiger partial charge in [-0.1, -0.05) is 212 Å². The summed E-state index contributed by atoms with van der Waals surface area (Å²) in [5.74, 6) is 0. The Morgan fingerprint density at radius 3 is 1.08 bits per heavy atom. The Kier molecular flexibility index (Phi) is 8.90. The molecule has 0 atom stereocenters. The Balaban J connectivity index is 1.08. The molecule has 0 N–H and O–H groups in total. The SMILES string of the molecule is c1ccc(-c2ccc(N(c3ccc(-c4ccc5c6ccccc6c6ccccc6c5c4)cc3)c3c(-c4cccc(-c5ccccc5)c4)c4ccccc4c4ccccc34)cc2)cc1. The van der Waals surface area contributed by atoms with E-state index in [9.17, 15) is 0 Å². The minimum absolute atomic E-state index is 1.09. The van der Waals surface area contributed by atoms with E-state index in [0.717, 1.165) is 17.1 Å². The van der Waals surface area contributed by atoms with Gasteiger partial charge in [0.25, 0.3) is 0 Å². The van der Waals surface area contributed by atoms with Gasteiger partial charge in [0.2, 0.25) is 0 Å². The van der Waals surface area contributed by atoms with E-state index in [2.05, 4.69) is 254 Å². The van der Waals surface area contributed by atoms with Crippen LogP contribution < -0.4 is 4.90 Å². The van der Waals surface area contributed by atoms with E-state index in [-0.39, 0.29) is 0 Å². The van der Waals surface area contributed by atoms with Crippen molar-refractivity contribution in [2.75, 3.05) is 4.90 Å². The number of hydrogen-bond acceptors (Lipinski definition) is 1. The molecule has 0 bridgehead atoms. The smallest absolute Gasteiger partial charge is 0.0624 e. The molecule has 0 heterocycles. The van der Waals surface area contributed by atoms with Gasteiger partial charge in [0.05, 0.1) is 5.69 Å². The fourth-order valence-corrected chi connectivity index (χ4v) is 9.86. The number of nitrogens with zero attached hydrogens (tertiary/aromatic N) is 1. The van der Waals surface area contributed by atoms with Gasteiger partial charge in [0, 0.05) is 22.3 Å². The Morgan fingerprint density at radius 2 is 0.524 bits per heavy atom. The van der Waals surface area contributed by atoms with Gasteiger partial charge in [-0.25, -0.2) is 0 Å². The lowest BCUT2D eigenvalue weighted by atomic mass is 9.88. The molecule has 0 fully saturated rings. The maximum Gasteiger partial charge on any atom is 0.0624 e. The molecule has 0 spiro atoms. The Bertz CT molecular complexity index is 3610. The summed E-state index contributed by atoms with van der Waals surface area (Å²) in [6.45, 7) is 0. The summed E-state index contributed by atoms with van der Waals surface area (Å²) >= 11 is 0. The first-order valence-corrected chi connectivity index (χ1v) is 21.8. The molecule has 0 aromatic heterocycles. The third kappa shape index (κ3) is 6.33. The highest BCUT2D eigenvalue weighted by atomic mass is 15.1. The summed E-state index contributed by atoms with van der Waals surface area (Å²) in [4.78, 5) is 2.48. The van der Waals surface area contributed by atoms with E-state index in [1.807, 2.05) is 0 Å². The highest BCUT2D eigenvalue weighted by Crippen LogP contribution is 2.50. The van der Waals surface area contributed by atoms with Crippen molar-refractivity contribution < 1.29 is 0 Å². The van der Waals surface area contributed by atoms with Gasteiger partial charge in [0.1, 0.15) is 0 Å². The highest BCUT2D eigenvalue weighted by Gasteiger charge is 2.24. The standard InChI is InChI=1S/C62H41N/c1-3-16-42(17-4-1)44-30-35-49(36-31-44)63(50-37-32-45(33-38-50)47-34-39-57-53-24-8-7-22-51(53)52-23-9-10-27-56(52)60(57)41-47)62-59-29-14-12-26-55(59)54-25-11-13-28-58(54)61(62)48-21-15-20-46(40-48)43-18-5-2-6-19-43/h1-41H. The van der Waals surface area contributed by atoms with Crippen LogP contribution >= 0.6 is 0 Å². The Labute approximate surface area is 367 Å². The summed E-state index contributed by atoms with van der Waals surface area (Å²) in [5.41, 5.74) is 12.9. The van der Waals surface area contributed by atoms with E-state index in [1.54, 1.807) is 0 Å². The average molecular weight is 800 g/mol. The van der Waals surface area contributed by atoms with Crippen molar-refractivity contribution >= 4 is 70.9 Å². The first-order valence-electron chi connectivity index (χ1n) is 21.8. The zero-order valence-electron chi connectivity index (χ0n) is 34.6. The second kappa shape index (κ2) is 15.3. The molecule has 0 aliphatic heterocycles. The maximum atomic E-state index is 2.48. The number of fused-ring (bicyclic) bond motifs is 9. The highest BCUT2D eigenvalue weighted by molar-refractivity contribution is 6.26. The molecule has 0 radical (unpaired) electrons. The van der Waals surface area contributed by atoms with Crippen LogP contribution in [-0.2, 0) is 0 Å². The lowest BCUT2D eigenvalue weighted by Gasteiger charge is -2.31. The summed E-state index contributed by atoms with van der Waals surface area (Å²) < 4.78 is 0. The molecule has 12 rings (SSSR count). The zero-order chi connectivity index (χ0) is 41.7. The molecule has 0 unspecified atom stereocenters. The van der Waals surface area contributed by atoms with E-state index >= 15 is 0 Å².